The van der Waals surface area contributed by atoms with Crippen molar-refractivity contribution in [2.75, 3.05) is 7.11 Å². The van der Waals surface area contributed by atoms with Gasteiger partial charge in [-0.25, -0.2) is 9.78 Å². The summed E-state index contributed by atoms with van der Waals surface area (Å²) in [6, 6.07) is 3.30. The van der Waals surface area contributed by atoms with Crippen molar-refractivity contribution in [3.05, 3.63) is 36.5 Å². The van der Waals surface area contributed by atoms with E-state index in [4.69, 9.17) is 4.42 Å². The monoisotopic (exact) mass is 204 g/mol. The van der Waals surface area contributed by atoms with Gasteiger partial charge in [0.25, 0.3) is 0 Å². The van der Waals surface area contributed by atoms with Crippen LogP contribution in [0.15, 0.2) is 35.3 Å². The molecule has 2 rings (SSSR count). The van der Waals surface area contributed by atoms with Crippen molar-refractivity contribution >= 4 is 5.97 Å². The molecular formula is C10H8N2O3. The third-order valence-electron chi connectivity index (χ3n) is 1.87. The van der Waals surface area contributed by atoms with Gasteiger partial charge in [-0.2, -0.15) is 0 Å². The zero-order chi connectivity index (χ0) is 10.7. The Kier molecular flexibility index (Phi) is 2.45. The molecule has 0 radical (unpaired) electrons. The van der Waals surface area contributed by atoms with Gasteiger partial charge in [0.15, 0.2) is 12.2 Å². The maximum atomic E-state index is 11.1. The molecule has 76 valence electrons. The van der Waals surface area contributed by atoms with Crippen LogP contribution in [0, 0.1) is 0 Å². The number of carbonyl (C=O) groups excluding carboxylic acids is 1. The lowest BCUT2D eigenvalue weighted by atomic mass is 10.2. The van der Waals surface area contributed by atoms with Crippen LogP contribution in [0.3, 0.4) is 0 Å². The Labute approximate surface area is 85.7 Å². The van der Waals surface area contributed by atoms with Crippen molar-refractivity contribution in [1.82, 2.24) is 9.97 Å². The molecule has 0 aliphatic heterocycles. The van der Waals surface area contributed by atoms with Gasteiger partial charge in [-0.3, -0.25) is 4.98 Å². The predicted octanol–water partition coefficient (Wildman–Crippen LogP) is 1.52. The second-order valence-corrected chi connectivity index (χ2v) is 2.79. The molecule has 0 amide bonds. The lowest BCUT2D eigenvalue weighted by Crippen LogP contribution is -2.01. The SMILES string of the molecule is COC(=O)c1ccc(-c2cnco2)nc1. The standard InChI is InChI=1S/C10H8N2O3/c1-14-10(13)7-2-3-8(12-4-7)9-5-11-6-15-9/h2-6H,1H3. The molecule has 0 aromatic carbocycles. The van der Waals surface area contributed by atoms with Crippen molar-refractivity contribution in [2.24, 2.45) is 0 Å². The van der Waals surface area contributed by atoms with Gasteiger partial charge in [0.05, 0.1) is 18.9 Å². The summed E-state index contributed by atoms with van der Waals surface area (Å²) in [5.41, 5.74) is 1.03. The van der Waals surface area contributed by atoms with Gasteiger partial charge in [-0.05, 0) is 12.1 Å². The van der Waals surface area contributed by atoms with Gasteiger partial charge >= 0.3 is 5.97 Å². The molecule has 2 heterocycles. The van der Waals surface area contributed by atoms with Crippen LogP contribution in [0.2, 0.25) is 0 Å². The van der Waals surface area contributed by atoms with Crippen molar-refractivity contribution < 1.29 is 13.9 Å². The van der Waals surface area contributed by atoms with E-state index in [1.807, 2.05) is 0 Å². The van der Waals surface area contributed by atoms with E-state index in [1.54, 1.807) is 18.3 Å². The summed E-state index contributed by atoms with van der Waals surface area (Å²) in [4.78, 5) is 18.9. The quantitative estimate of drug-likeness (QED) is 0.694. The molecule has 2 aromatic heterocycles. The number of pyridine rings is 1. The summed E-state index contributed by atoms with van der Waals surface area (Å²) in [5, 5.41) is 0. The van der Waals surface area contributed by atoms with E-state index in [0.29, 0.717) is 17.0 Å². The van der Waals surface area contributed by atoms with Gasteiger partial charge < -0.3 is 9.15 Å². The van der Waals surface area contributed by atoms with Gasteiger partial charge in [-0.15, -0.1) is 0 Å². The fourth-order valence-corrected chi connectivity index (χ4v) is 1.12. The molecule has 0 aliphatic rings. The first-order valence-electron chi connectivity index (χ1n) is 4.24. The molecule has 0 aliphatic carbocycles. The van der Waals surface area contributed by atoms with Gasteiger partial charge in [0.1, 0.15) is 5.69 Å². The van der Waals surface area contributed by atoms with Crippen molar-refractivity contribution in [3.8, 4) is 11.5 Å². The smallest absolute Gasteiger partial charge is 0.339 e. The van der Waals surface area contributed by atoms with E-state index < -0.39 is 5.97 Å². The van der Waals surface area contributed by atoms with E-state index in [2.05, 4.69) is 14.7 Å². The summed E-state index contributed by atoms with van der Waals surface area (Å²) < 4.78 is 9.61. The molecule has 2 aromatic rings. The molecule has 0 saturated carbocycles. The van der Waals surface area contributed by atoms with Crippen LogP contribution in [0.4, 0.5) is 0 Å². The number of methoxy groups -OCH3 is 1. The lowest BCUT2D eigenvalue weighted by molar-refractivity contribution is 0.0600. The van der Waals surface area contributed by atoms with E-state index in [0.717, 1.165) is 0 Å². The number of hydrogen-bond acceptors (Lipinski definition) is 5. The highest BCUT2D eigenvalue weighted by Gasteiger charge is 2.07. The van der Waals surface area contributed by atoms with Crippen LogP contribution in [0.1, 0.15) is 10.4 Å². The average molecular weight is 204 g/mol. The molecule has 5 heteroatoms. The first kappa shape index (κ1) is 9.39. The average Bonchev–Trinajstić information content (AvgIpc) is 2.82. The van der Waals surface area contributed by atoms with Gasteiger partial charge in [0, 0.05) is 6.20 Å². The van der Waals surface area contributed by atoms with Crippen LogP contribution < -0.4 is 0 Å². The minimum atomic E-state index is -0.411. The molecule has 0 N–H and O–H groups in total. The van der Waals surface area contributed by atoms with Crippen molar-refractivity contribution in [1.29, 1.82) is 0 Å². The van der Waals surface area contributed by atoms with Crippen LogP contribution in [-0.4, -0.2) is 23.0 Å². The maximum absolute atomic E-state index is 11.1. The van der Waals surface area contributed by atoms with E-state index >= 15 is 0 Å². The number of aromatic nitrogens is 2. The largest absolute Gasteiger partial charge is 0.465 e. The number of nitrogens with zero attached hydrogens (tertiary/aromatic N) is 2. The highest BCUT2D eigenvalue weighted by molar-refractivity contribution is 5.89. The number of oxazole rings is 1. The van der Waals surface area contributed by atoms with Crippen molar-refractivity contribution in [2.45, 2.75) is 0 Å². The Balaban J connectivity index is 2.29. The first-order valence-corrected chi connectivity index (χ1v) is 4.24. The normalized spacial score (nSPS) is 9.93. The minimum Gasteiger partial charge on any atom is -0.465 e. The molecule has 0 saturated heterocycles. The number of esters is 1. The molecular weight excluding hydrogens is 196 g/mol. The van der Waals surface area contributed by atoms with E-state index in [-0.39, 0.29) is 0 Å². The second-order valence-electron chi connectivity index (χ2n) is 2.79. The molecule has 0 fully saturated rings. The zero-order valence-corrected chi connectivity index (χ0v) is 8.01. The van der Waals surface area contributed by atoms with E-state index in [1.165, 1.54) is 19.7 Å². The first-order chi connectivity index (χ1) is 7.31. The molecule has 0 spiro atoms. The summed E-state index contributed by atoms with van der Waals surface area (Å²) >= 11 is 0. The number of rotatable bonds is 2. The van der Waals surface area contributed by atoms with Crippen LogP contribution in [-0.2, 0) is 4.74 Å². The summed E-state index contributed by atoms with van der Waals surface area (Å²) in [6.45, 7) is 0. The minimum absolute atomic E-state index is 0.403. The Morgan fingerprint density at radius 3 is 2.80 bits per heavy atom. The van der Waals surface area contributed by atoms with Crippen LogP contribution in [0.5, 0.6) is 0 Å². The molecule has 0 atom stereocenters. The highest BCUT2D eigenvalue weighted by atomic mass is 16.5. The number of hydrogen-bond donors (Lipinski definition) is 0. The number of carbonyl (C=O) groups is 1. The zero-order valence-electron chi connectivity index (χ0n) is 8.01. The fraction of sp³-hybridized carbons (Fsp3) is 0.100. The third kappa shape index (κ3) is 1.85. The second kappa shape index (κ2) is 3.91. The number of ether oxygens (including phenoxy) is 1. The Bertz CT molecular complexity index is 448. The van der Waals surface area contributed by atoms with Gasteiger partial charge in [0.2, 0.25) is 0 Å². The molecule has 0 unspecified atom stereocenters. The van der Waals surface area contributed by atoms with Crippen LogP contribution in [0.25, 0.3) is 11.5 Å². The summed E-state index contributed by atoms with van der Waals surface area (Å²) in [6.07, 6.45) is 4.31. The fourth-order valence-electron chi connectivity index (χ4n) is 1.12. The maximum Gasteiger partial charge on any atom is 0.339 e. The molecule has 5 nitrogen and oxygen atoms in total. The topological polar surface area (TPSA) is 65.2 Å². The Hall–Kier alpha value is -2.17. The third-order valence-corrected chi connectivity index (χ3v) is 1.87. The van der Waals surface area contributed by atoms with Crippen molar-refractivity contribution in [3.63, 3.8) is 0 Å². The Morgan fingerprint density at radius 2 is 2.27 bits per heavy atom. The lowest BCUT2D eigenvalue weighted by Gasteiger charge is -1.99. The Morgan fingerprint density at radius 1 is 1.40 bits per heavy atom. The summed E-state index contributed by atoms with van der Waals surface area (Å²) in [5.74, 6) is 0.151. The highest BCUT2D eigenvalue weighted by Crippen LogP contribution is 2.15. The van der Waals surface area contributed by atoms with Crippen LogP contribution >= 0.6 is 0 Å². The summed E-state index contributed by atoms with van der Waals surface area (Å²) in [7, 11) is 1.33. The predicted molar refractivity (Wildman–Crippen MR) is 51.1 cm³/mol. The molecule has 0 bridgehead atoms. The van der Waals surface area contributed by atoms with Gasteiger partial charge in [-0.1, -0.05) is 0 Å². The molecule has 15 heavy (non-hydrogen) atoms. The van der Waals surface area contributed by atoms with E-state index in [9.17, 15) is 4.79 Å².